The van der Waals surface area contributed by atoms with Gasteiger partial charge in [0.2, 0.25) is 0 Å². The molecule has 0 aliphatic heterocycles. The van der Waals surface area contributed by atoms with Crippen molar-refractivity contribution >= 4 is 5.82 Å². The van der Waals surface area contributed by atoms with E-state index in [4.69, 9.17) is 9.72 Å². The molecule has 0 fully saturated rings. The molecule has 1 N–H and O–H groups in total. The molecule has 3 rings (SSSR count). The third kappa shape index (κ3) is 2.39. The van der Waals surface area contributed by atoms with Gasteiger partial charge in [-0.3, -0.25) is 0 Å². The van der Waals surface area contributed by atoms with Gasteiger partial charge in [0, 0.05) is 31.0 Å². The fraction of sp³-hybridized carbons (Fsp3) is 0.375. The van der Waals surface area contributed by atoms with Crippen LogP contribution in [0.3, 0.4) is 0 Å². The van der Waals surface area contributed by atoms with Gasteiger partial charge in [-0.2, -0.15) is 0 Å². The van der Waals surface area contributed by atoms with Gasteiger partial charge in [-0.25, -0.2) is 9.97 Å². The molecule has 1 heterocycles. The minimum atomic E-state index is 0.632. The number of fused-ring (bicyclic) bond motifs is 1. The number of rotatable bonds is 4. The van der Waals surface area contributed by atoms with Crippen LogP contribution in [0.25, 0.3) is 11.4 Å². The average molecular weight is 269 g/mol. The number of nitrogens with zero attached hydrogens (tertiary/aromatic N) is 2. The van der Waals surface area contributed by atoms with Crippen LogP contribution in [0.15, 0.2) is 24.3 Å². The third-order valence-corrected chi connectivity index (χ3v) is 3.69. The summed E-state index contributed by atoms with van der Waals surface area (Å²) in [4.78, 5) is 9.38. The van der Waals surface area contributed by atoms with Crippen molar-refractivity contribution in [1.29, 1.82) is 0 Å². The smallest absolute Gasteiger partial charge is 0.161 e. The highest BCUT2D eigenvalue weighted by molar-refractivity contribution is 5.60. The largest absolute Gasteiger partial charge is 0.380 e. The van der Waals surface area contributed by atoms with Gasteiger partial charge in [-0.1, -0.05) is 24.3 Å². The standard InChI is InChI=1S/C16H19N3O/c1-17-16-13-4-3-5-14(13)18-15(19-16)12-8-6-11(7-9-12)10-20-2/h6-9H,3-5,10H2,1-2H3,(H,17,18,19). The van der Waals surface area contributed by atoms with Crippen LogP contribution < -0.4 is 5.32 Å². The highest BCUT2D eigenvalue weighted by atomic mass is 16.5. The molecule has 1 aliphatic carbocycles. The molecule has 104 valence electrons. The Morgan fingerprint density at radius 1 is 1.15 bits per heavy atom. The number of aromatic nitrogens is 2. The lowest BCUT2D eigenvalue weighted by molar-refractivity contribution is 0.185. The van der Waals surface area contributed by atoms with Crippen molar-refractivity contribution in [3.8, 4) is 11.4 Å². The van der Waals surface area contributed by atoms with Crippen LogP contribution in [-0.4, -0.2) is 24.1 Å². The molecule has 0 bridgehead atoms. The number of hydrogen-bond acceptors (Lipinski definition) is 4. The Kier molecular flexibility index (Phi) is 3.65. The van der Waals surface area contributed by atoms with Crippen LogP contribution in [0.1, 0.15) is 23.2 Å². The lowest BCUT2D eigenvalue weighted by Gasteiger charge is -2.10. The first kappa shape index (κ1) is 13.1. The fourth-order valence-electron chi connectivity index (χ4n) is 2.69. The van der Waals surface area contributed by atoms with E-state index in [1.54, 1.807) is 7.11 Å². The summed E-state index contributed by atoms with van der Waals surface area (Å²) in [7, 11) is 3.63. The lowest BCUT2D eigenvalue weighted by Crippen LogP contribution is -2.03. The van der Waals surface area contributed by atoms with Gasteiger partial charge >= 0.3 is 0 Å². The van der Waals surface area contributed by atoms with Crippen molar-refractivity contribution in [3.63, 3.8) is 0 Å². The van der Waals surface area contributed by atoms with Crippen LogP contribution in [0.2, 0.25) is 0 Å². The number of nitrogens with one attached hydrogen (secondary N) is 1. The molecule has 4 nitrogen and oxygen atoms in total. The number of ether oxygens (including phenoxy) is 1. The summed E-state index contributed by atoms with van der Waals surface area (Å²) in [5.41, 5.74) is 4.69. The van der Waals surface area contributed by atoms with E-state index in [0.29, 0.717) is 6.61 Å². The zero-order valence-electron chi connectivity index (χ0n) is 11.9. The maximum Gasteiger partial charge on any atom is 0.161 e. The molecule has 20 heavy (non-hydrogen) atoms. The molecule has 1 aliphatic rings. The Morgan fingerprint density at radius 3 is 2.65 bits per heavy atom. The van der Waals surface area contributed by atoms with E-state index in [9.17, 15) is 0 Å². The zero-order valence-corrected chi connectivity index (χ0v) is 11.9. The van der Waals surface area contributed by atoms with Gasteiger partial charge < -0.3 is 10.1 Å². The van der Waals surface area contributed by atoms with Crippen molar-refractivity contribution in [3.05, 3.63) is 41.1 Å². The predicted molar refractivity (Wildman–Crippen MR) is 79.8 cm³/mol. The first-order valence-electron chi connectivity index (χ1n) is 6.97. The van der Waals surface area contributed by atoms with Crippen molar-refractivity contribution in [2.75, 3.05) is 19.5 Å². The van der Waals surface area contributed by atoms with Crippen LogP contribution in [0, 0.1) is 0 Å². The molecule has 0 atom stereocenters. The van der Waals surface area contributed by atoms with Crippen LogP contribution in [0.4, 0.5) is 5.82 Å². The Morgan fingerprint density at radius 2 is 1.95 bits per heavy atom. The van der Waals surface area contributed by atoms with E-state index < -0.39 is 0 Å². The molecule has 0 radical (unpaired) electrons. The highest BCUT2D eigenvalue weighted by Crippen LogP contribution is 2.28. The molecule has 1 aromatic carbocycles. The number of anilines is 1. The van der Waals surface area contributed by atoms with Crippen molar-refractivity contribution in [1.82, 2.24) is 9.97 Å². The van der Waals surface area contributed by atoms with Crippen molar-refractivity contribution < 1.29 is 4.74 Å². The number of methoxy groups -OCH3 is 1. The number of aryl methyl sites for hydroxylation is 1. The van der Waals surface area contributed by atoms with Gasteiger partial charge in [0.1, 0.15) is 5.82 Å². The zero-order chi connectivity index (χ0) is 13.9. The first-order valence-corrected chi connectivity index (χ1v) is 6.97. The van der Waals surface area contributed by atoms with E-state index in [1.807, 2.05) is 7.05 Å². The molecule has 0 spiro atoms. The SMILES string of the molecule is CNc1nc(-c2ccc(COC)cc2)nc2c1CCC2. The van der Waals surface area contributed by atoms with Crippen molar-refractivity contribution in [2.45, 2.75) is 25.9 Å². The second-order valence-corrected chi connectivity index (χ2v) is 5.05. The van der Waals surface area contributed by atoms with Gasteiger partial charge in [-0.15, -0.1) is 0 Å². The quantitative estimate of drug-likeness (QED) is 0.927. The van der Waals surface area contributed by atoms with Gasteiger partial charge in [0.25, 0.3) is 0 Å². The molecular weight excluding hydrogens is 250 g/mol. The van der Waals surface area contributed by atoms with Gasteiger partial charge in [0.05, 0.1) is 6.61 Å². The summed E-state index contributed by atoms with van der Waals surface area (Å²) in [5.74, 6) is 1.78. The average Bonchev–Trinajstić information content (AvgIpc) is 2.95. The summed E-state index contributed by atoms with van der Waals surface area (Å²) in [6.07, 6.45) is 3.31. The second-order valence-electron chi connectivity index (χ2n) is 5.05. The summed E-state index contributed by atoms with van der Waals surface area (Å²) < 4.78 is 5.13. The maximum absolute atomic E-state index is 5.13. The topological polar surface area (TPSA) is 47.0 Å². The second kappa shape index (κ2) is 5.59. The molecule has 0 saturated heterocycles. The Bertz CT molecular complexity index is 608. The summed E-state index contributed by atoms with van der Waals surface area (Å²) in [6, 6.07) is 8.25. The number of benzene rings is 1. The summed E-state index contributed by atoms with van der Waals surface area (Å²) in [6.45, 7) is 0.632. The van der Waals surface area contributed by atoms with E-state index >= 15 is 0 Å². The van der Waals surface area contributed by atoms with Crippen LogP contribution in [0.5, 0.6) is 0 Å². The van der Waals surface area contributed by atoms with Gasteiger partial charge in [-0.05, 0) is 24.8 Å². The Hall–Kier alpha value is -1.94. The maximum atomic E-state index is 5.13. The molecular formula is C16H19N3O. The lowest BCUT2D eigenvalue weighted by atomic mass is 10.1. The molecule has 4 heteroatoms. The first-order chi connectivity index (χ1) is 9.81. The summed E-state index contributed by atoms with van der Waals surface area (Å²) >= 11 is 0. The highest BCUT2D eigenvalue weighted by Gasteiger charge is 2.19. The van der Waals surface area contributed by atoms with Crippen LogP contribution in [-0.2, 0) is 24.2 Å². The molecule has 0 amide bonds. The molecule has 1 aromatic heterocycles. The third-order valence-electron chi connectivity index (χ3n) is 3.69. The van der Waals surface area contributed by atoms with E-state index in [1.165, 1.54) is 17.7 Å². The van der Waals surface area contributed by atoms with Crippen molar-refractivity contribution in [2.24, 2.45) is 0 Å². The van der Waals surface area contributed by atoms with E-state index in [-0.39, 0.29) is 0 Å². The molecule has 0 saturated carbocycles. The normalized spacial score (nSPS) is 13.3. The summed E-state index contributed by atoms with van der Waals surface area (Å²) in [5, 5.41) is 3.20. The molecule has 0 unspecified atom stereocenters. The minimum absolute atomic E-state index is 0.632. The van der Waals surface area contributed by atoms with Crippen LogP contribution >= 0.6 is 0 Å². The van der Waals surface area contributed by atoms with E-state index in [2.05, 4.69) is 34.6 Å². The van der Waals surface area contributed by atoms with E-state index in [0.717, 1.165) is 35.6 Å². The minimum Gasteiger partial charge on any atom is -0.380 e. The fourth-order valence-corrected chi connectivity index (χ4v) is 2.69. The Balaban J connectivity index is 1.97. The number of hydrogen-bond donors (Lipinski definition) is 1. The van der Waals surface area contributed by atoms with Gasteiger partial charge in [0.15, 0.2) is 5.82 Å². The monoisotopic (exact) mass is 269 g/mol. The molecule has 2 aromatic rings. The Labute approximate surface area is 119 Å². The predicted octanol–water partition coefficient (Wildman–Crippen LogP) is 2.82.